The third kappa shape index (κ3) is 3.68. The molecule has 0 unspecified atom stereocenters. The van der Waals surface area contributed by atoms with E-state index in [1.807, 2.05) is 31.1 Å². The van der Waals surface area contributed by atoms with Gasteiger partial charge in [-0.2, -0.15) is 0 Å². The minimum Gasteiger partial charge on any atom is -0.363 e. The molecular weight excluding hydrogens is 276 g/mol. The Morgan fingerprint density at radius 1 is 1.25 bits per heavy atom. The Hall–Kier alpha value is -2.14. The molecule has 0 aliphatic heterocycles. The largest absolute Gasteiger partial charge is 0.363 e. The van der Waals surface area contributed by atoms with E-state index in [2.05, 4.69) is 15.3 Å². The van der Waals surface area contributed by atoms with Crippen LogP contribution in [0.3, 0.4) is 0 Å². The van der Waals surface area contributed by atoms with Crippen molar-refractivity contribution >= 4 is 23.3 Å². The number of hydrogen-bond acceptors (Lipinski definition) is 4. The molecule has 2 aromatic heterocycles. The molecule has 5 nitrogen and oxygen atoms in total. The molecule has 0 saturated heterocycles. The maximum Gasteiger partial charge on any atom is 0.270 e. The molecule has 0 aliphatic rings. The summed E-state index contributed by atoms with van der Waals surface area (Å²) in [6.45, 7) is 0.413. The highest BCUT2D eigenvalue weighted by molar-refractivity contribution is 6.30. The van der Waals surface area contributed by atoms with Gasteiger partial charge < -0.3 is 10.2 Å². The van der Waals surface area contributed by atoms with Gasteiger partial charge in [0.15, 0.2) is 0 Å². The zero-order chi connectivity index (χ0) is 14.5. The van der Waals surface area contributed by atoms with E-state index in [1.54, 1.807) is 12.3 Å². The van der Waals surface area contributed by atoms with E-state index >= 15 is 0 Å². The summed E-state index contributed by atoms with van der Waals surface area (Å²) in [4.78, 5) is 22.0. The maximum absolute atomic E-state index is 11.9. The lowest BCUT2D eigenvalue weighted by atomic mass is 10.2. The SMILES string of the molecule is CN(C)c1cc(CNC(=O)c2cc(Cl)ccn2)ccn1. The standard InChI is InChI=1S/C14H15ClN4O/c1-19(2)13-7-10(3-5-17-13)9-18-14(20)12-8-11(15)4-6-16-12/h3-8H,9H2,1-2H3,(H,18,20). The molecule has 104 valence electrons. The van der Waals surface area contributed by atoms with Gasteiger partial charge in [-0.05, 0) is 29.8 Å². The second kappa shape index (κ2) is 6.34. The van der Waals surface area contributed by atoms with Gasteiger partial charge in [-0.25, -0.2) is 4.98 Å². The molecule has 0 aliphatic carbocycles. The number of halogens is 1. The Balaban J connectivity index is 2.02. The molecule has 0 atom stereocenters. The van der Waals surface area contributed by atoms with E-state index in [-0.39, 0.29) is 5.91 Å². The van der Waals surface area contributed by atoms with Gasteiger partial charge in [0.1, 0.15) is 11.5 Å². The third-order valence-corrected chi connectivity index (χ3v) is 2.91. The molecule has 2 heterocycles. The molecule has 6 heteroatoms. The molecule has 0 spiro atoms. The van der Waals surface area contributed by atoms with Gasteiger partial charge in [0, 0.05) is 38.1 Å². The first-order valence-corrected chi connectivity index (χ1v) is 6.46. The van der Waals surface area contributed by atoms with Gasteiger partial charge in [-0.3, -0.25) is 9.78 Å². The third-order valence-electron chi connectivity index (χ3n) is 2.68. The number of hydrogen-bond donors (Lipinski definition) is 1. The van der Waals surface area contributed by atoms with Crippen LogP contribution in [0.25, 0.3) is 0 Å². The molecular formula is C14H15ClN4O. The first-order valence-electron chi connectivity index (χ1n) is 6.08. The second-order valence-electron chi connectivity index (χ2n) is 4.46. The van der Waals surface area contributed by atoms with E-state index in [1.165, 1.54) is 12.3 Å². The van der Waals surface area contributed by atoms with E-state index < -0.39 is 0 Å². The monoisotopic (exact) mass is 290 g/mol. The fourth-order valence-electron chi connectivity index (χ4n) is 1.62. The van der Waals surface area contributed by atoms with Crippen molar-refractivity contribution in [2.24, 2.45) is 0 Å². The van der Waals surface area contributed by atoms with E-state index in [4.69, 9.17) is 11.6 Å². The summed E-state index contributed by atoms with van der Waals surface area (Å²) < 4.78 is 0. The number of nitrogens with zero attached hydrogens (tertiary/aromatic N) is 3. The first kappa shape index (κ1) is 14.3. The number of carbonyl (C=O) groups excluding carboxylic acids is 1. The van der Waals surface area contributed by atoms with Gasteiger partial charge in [-0.15, -0.1) is 0 Å². The van der Waals surface area contributed by atoms with Crippen LogP contribution in [0, 0.1) is 0 Å². The predicted molar refractivity (Wildman–Crippen MR) is 79.0 cm³/mol. The van der Waals surface area contributed by atoms with Crippen LogP contribution in [-0.4, -0.2) is 30.0 Å². The molecule has 0 fully saturated rings. The zero-order valence-corrected chi connectivity index (χ0v) is 12.1. The number of pyridine rings is 2. The summed E-state index contributed by atoms with van der Waals surface area (Å²) in [5.74, 6) is 0.591. The zero-order valence-electron chi connectivity index (χ0n) is 11.3. The highest BCUT2D eigenvalue weighted by Gasteiger charge is 2.07. The van der Waals surface area contributed by atoms with Gasteiger partial charge in [0.25, 0.3) is 5.91 Å². The molecule has 0 aromatic carbocycles. The van der Waals surface area contributed by atoms with Crippen LogP contribution in [0.4, 0.5) is 5.82 Å². The van der Waals surface area contributed by atoms with Crippen LogP contribution in [-0.2, 0) is 6.54 Å². The maximum atomic E-state index is 11.9. The Bertz CT molecular complexity index is 616. The van der Waals surface area contributed by atoms with Crippen molar-refractivity contribution in [2.45, 2.75) is 6.54 Å². The molecule has 0 radical (unpaired) electrons. The number of aromatic nitrogens is 2. The Morgan fingerprint density at radius 2 is 2.00 bits per heavy atom. The minimum atomic E-state index is -0.254. The normalized spacial score (nSPS) is 10.2. The molecule has 20 heavy (non-hydrogen) atoms. The number of rotatable bonds is 4. The van der Waals surface area contributed by atoms with E-state index in [0.29, 0.717) is 17.3 Å². The summed E-state index contributed by atoms with van der Waals surface area (Å²) in [5, 5.41) is 3.29. The van der Waals surface area contributed by atoms with E-state index in [9.17, 15) is 4.79 Å². The number of nitrogens with one attached hydrogen (secondary N) is 1. The second-order valence-corrected chi connectivity index (χ2v) is 4.90. The predicted octanol–water partition coefficient (Wildman–Crippen LogP) is 2.13. The first-order chi connectivity index (χ1) is 9.56. The fourth-order valence-corrected chi connectivity index (χ4v) is 1.78. The van der Waals surface area contributed by atoms with Crippen molar-refractivity contribution in [3.8, 4) is 0 Å². The van der Waals surface area contributed by atoms with Crippen LogP contribution in [0.15, 0.2) is 36.7 Å². The molecule has 0 saturated carbocycles. The summed E-state index contributed by atoms with van der Waals surface area (Å²) in [5.41, 5.74) is 1.28. The smallest absolute Gasteiger partial charge is 0.270 e. The van der Waals surface area contributed by atoms with Crippen LogP contribution in [0.5, 0.6) is 0 Å². The Morgan fingerprint density at radius 3 is 2.70 bits per heavy atom. The molecule has 2 aromatic rings. The summed E-state index contributed by atoms with van der Waals surface area (Å²) in [7, 11) is 3.83. The summed E-state index contributed by atoms with van der Waals surface area (Å²) in [6.07, 6.45) is 3.22. The van der Waals surface area contributed by atoms with Crippen molar-refractivity contribution in [3.05, 3.63) is 52.9 Å². The lowest BCUT2D eigenvalue weighted by Gasteiger charge is -2.12. The van der Waals surface area contributed by atoms with Gasteiger partial charge in [0.05, 0.1) is 0 Å². The summed E-state index contributed by atoms with van der Waals surface area (Å²) >= 11 is 5.83. The summed E-state index contributed by atoms with van der Waals surface area (Å²) in [6, 6.07) is 6.95. The number of amides is 1. The Labute approximate surface area is 122 Å². The van der Waals surface area contributed by atoms with Crippen molar-refractivity contribution in [1.29, 1.82) is 0 Å². The lowest BCUT2D eigenvalue weighted by Crippen LogP contribution is -2.24. The van der Waals surface area contributed by atoms with Crippen molar-refractivity contribution in [3.63, 3.8) is 0 Å². The van der Waals surface area contributed by atoms with Gasteiger partial charge in [0.2, 0.25) is 0 Å². The van der Waals surface area contributed by atoms with E-state index in [0.717, 1.165) is 11.4 Å². The van der Waals surface area contributed by atoms with Gasteiger partial charge >= 0.3 is 0 Å². The lowest BCUT2D eigenvalue weighted by molar-refractivity contribution is 0.0946. The average molecular weight is 291 g/mol. The van der Waals surface area contributed by atoms with Gasteiger partial charge in [-0.1, -0.05) is 11.6 Å². The topological polar surface area (TPSA) is 58.1 Å². The van der Waals surface area contributed by atoms with Crippen molar-refractivity contribution in [1.82, 2.24) is 15.3 Å². The average Bonchev–Trinajstić information content (AvgIpc) is 2.45. The van der Waals surface area contributed by atoms with Crippen molar-refractivity contribution in [2.75, 3.05) is 19.0 Å². The number of anilines is 1. The molecule has 1 N–H and O–H groups in total. The molecule has 0 bridgehead atoms. The molecule has 2 rings (SSSR count). The fraction of sp³-hybridized carbons (Fsp3) is 0.214. The van der Waals surface area contributed by atoms with Crippen LogP contribution in [0.2, 0.25) is 5.02 Å². The quantitative estimate of drug-likeness (QED) is 0.937. The van der Waals surface area contributed by atoms with Crippen LogP contribution >= 0.6 is 11.6 Å². The van der Waals surface area contributed by atoms with Crippen LogP contribution < -0.4 is 10.2 Å². The molecule has 1 amide bonds. The highest BCUT2D eigenvalue weighted by Crippen LogP contribution is 2.10. The Kier molecular flexibility index (Phi) is 4.53. The number of carbonyl (C=O) groups is 1. The van der Waals surface area contributed by atoms with Crippen molar-refractivity contribution < 1.29 is 4.79 Å². The minimum absolute atomic E-state index is 0.254. The highest BCUT2D eigenvalue weighted by atomic mass is 35.5. The van der Waals surface area contributed by atoms with Crippen LogP contribution in [0.1, 0.15) is 16.1 Å².